The molecule has 17 N–H and O–H groups in total. The summed E-state index contributed by atoms with van der Waals surface area (Å²) in [7, 11) is -23.6. The number of carbonyl (C=O) groups excluding carboxylic acids is 2. The van der Waals surface area contributed by atoms with Gasteiger partial charge in [0.1, 0.15) is 104 Å². The number of carboxylic acids is 3. The topological polar surface area (TPSA) is 669 Å². The fraction of sp³-hybridized carbons (Fsp3) is 0.853. The van der Waals surface area contributed by atoms with Crippen LogP contribution in [0.15, 0.2) is 0 Å². The molecule has 5 rings (SSSR count). The Kier molecular flexibility index (Phi) is 22.3. The Labute approximate surface area is 452 Å². The molecule has 0 saturated carbocycles. The van der Waals surface area contributed by atoms with E-state index in [4.69, 9.17) is 42.6 Å². The van der Waals surface area contributed by atoms with E-state index in [-0.39, 0.29) is 0 Å². The lowest BCUT2D eigenvalue weighted by molar-refractivity contribution is -0.370. The smallest absolute Gasteiger partial charge is 0.397 e. The number of carboxylic acid groups (broad SMARTS) is 3. The van der Waals surface area contributed by atoms with Crippen molar-refractivity contribution in [1.29, 1.82) is 0 Å². The fourth-order valence-electron chi connectivity index (χ4n) is 8.71. The van der Waals surface area contributed by atoms with E-state index in [9.17, 15) is 132 Å². The number of aliphatic hydroxyl groups is 8. The molecule has 0 aromatic carbocycles. The van der Waals surface area contributed by atoms with Crippen molar-refractivity contribution in [2.75, 3.05) is 13.2 Å². The third-order valence-electron chi connectivity index (χ3n) is 11.8. The maximum Gasteiger partial charge on any atom is 0.397 e. The molecule has 81 heavy (non-hydrogen) atoms. The first-order valence-electron chi connectivity index (χ1n) is 22.2. The molecule has 0 unspecified atom stereocenters. The highest BCUT2D eigenvalue weighted by molar-refractivity contribution is 7.81. The summed E-state index contributed by atoms with van der Waals surface area (Å²) in [5, 5.41) is 119. The zero-order valence-electron chi connectivity index (χ0n) is 40.3. The first-order valence-corrected chi connectivity index (χ1v) is 27.7. The fourth-order valence-corrected chi connectivity index (χ4v) is 10.7. The van der Waals surface area contributed by atoms with E-state index < -0.39 is 238 Å². The van der Waals surface area contributed by atoms with Crippen LogP contribution in [0, 0.1) is 0 Å². The van der Waals surface area contributed by atoms with Crippen LogP contribution in [0.1, 0.15) is 13.8 Å². The number of hydrogen-bond donors (Lipinski definition) is 17. The molecule has 5 aliphatic heterocycles. The van der Waals surface area contributed by atoms with E-state index in [1.54, 1.807) is 0 Å². The number of hydrogen-bond acceptors (Lipinski definition) is 34. The van der Waals surface area contributed by atoms with E-state index >= 15 is 0 Å². The van der Waals surface area contributed by atoms with Crippen molar-refractivity contribution in [3.8, 4) is 0 Å². The van der Waals surface area contributed by atoms with Crippen molar-refractivity contribution in [3.63, 3.8) is 0 Å². The molecule has 0 spiro atoms. The molecule has 0 aliphatic carbocycles. The lowest BCUT2D eigenvalue weighted by Gasteiger charge is -2.51. The highest BCUT2D eigenvalue weighted by Gasteiger charge is 2.61. The molecule has 0 aromatic rings. The molecular formula is C34H52N2O41S4. The highest BCUT2D eigenvalue weighted by Crippen LogP contribution is 2.39. The molecule has 2 amide bonds. The predicted molar refractivity (Wildman–Crippen MR) is 233 cm³/mol. The van der Waals surface area contributed by atoms with Gasteiger partial charge in [-0.05, 0) is 0 Å². The Balaban J connectivity index is 1.63. The number of aliphatic hydroxyl groups excluding tert-OH is 8. The lowest BCUT2D eigenvalue weighted by Crippen LogP contribution is -2.72. The Morgan fingerprint density at radius 1 is 0.395 bits per heavy atom. The minimum absolute atomic E-state index is 0.646. The normalized spacial score (nSPS) is 40.9. The van der Waals surface area contributed by atoms with Crippen LogP contribution in [0.3, 0.4) is 0 Å². The van der Waals surface area contributed by atoms with E-state index in [1.807, 2.05) is 10.6 Å². The zero-order valence-corrected chi connectivity index (χ0v) is 43.6. The van der Waals surface area contributed by atoms with Crippen LogP contribution in [-0.2, 0) is 125 Å². The molecule has 5 fully saturated rings. The molecular weight excluding hydrogens is 1220 g/mol. The minimum Gasteiger partial charge on any atom is -0.479 e. The van der Waals surface area contributed by atoms with Gasteiger partial charge in [0, 0.05) is 13.8 Å². The second-order valence-corrected chi connectivity index (χ2v) is 21.7. The summed E-state index contributed by atoms with van der Waals surface area (Å²) >= 11 is 0. The molecule has 5 heterocycles. The number of nitrogens with one attached hydrogen (secondary N) is 2. The molecule has 25 atom stereocenters. The van der Waals surface area contributed by atoms with Gasteiger partial charge in [-0.25, -0.2) is 31.1 Å². The molecule has 43 nitrogen and oxygen atoms in total. The Morgan fingerprint density at radius 3 is 1.10 bits per heavy atom. The van der Waals surface area contributed by atoms with Gasteiger partial charge in [-0.3, -0.25) is 27.8 Å². The van der Waals surface area contributed by atoms with Crippen LogP contribution in [-0.4, -0.2) is 304 Å². The number of carbonyl (C=O) groups is 5. The van der Waals surface area contributed by atoms with Gasteiger partial charge < -0.3 is 109 Å². The third-order valence-corrected chi connectivity index (χ3v) is 13.7. The SMILES string of the molecule is CC(=O)N[C@H]1[C@H](O[C@H]2[C@H](OS(=O)(=O)O)[C@@H](O)[C@H](O[C@@H]3[C@@H](NC(C)=O)[C@H](O[C@H]4[C@H](O)[C@@H](O)[C@H](O)O[C@@H]4C(=O)O)O[C@H](CO)[C@@H]3OS(=O)(=O)O)O[C@@H]2C(=O)O)O[C@H](CO)[C@H](OS(=O)(=O)O)[C@@H]1O[C@@H]1O[C@H](C(=O)O)[C@@H](O)[C@H](OS(=O)(=O)O)[C@H]1O. The molecule has 0 radical (unpaired) electrons. The maximum atomic E-state index is 13.2. The van der Waals surface area contributed by atoms with Crippen LogP contribution >= 0.6 is 0 Å². The van der Waals surface area contributed by atoms with Gasteiger partial charge in [0.25, 0.3) is 0 Å². The van der Waals surface area contributed by atoms with Crippen molar-refractivity contribution in [1.82, 2.24) is 10.6 Å². The number of amides is 2. The summed E-state index contributed by atoms with van der Waals surface area (Å²) in [5.41, 5.74) is 0. The largest absolute Gasteiger partial charge is 0.479 e. The molecule has 468 valence electrons. The molecule has 0 bridgehead atoms. The van der Waals surface area contributed by atoms with Crippen LogP contribution < -0.4 is 10.6 Å². The summed E-state index contributed by atoms with van der Waals surface area (Å²) < 4.78 is 203. The van der Waals surface area contributed by atoms with Crippen molar-refractivity contribution < 1.29 is 191 Å². The quantitative estimate of drug-likeness (QED) is 0.0422. The zero-order chi connectivity index (χ0) is 61.3. The molecule has 5 aliphatic rings. The average Bonchev–Trinajstić information content (AvgIpc) is 3.54. The number of rotatable bonds is 23. The summed E-state index contributed by atoms with van der Waals surface area (Å²) in [4.78, 5) is 63.0. The summed E-state index contributed by atoms with van der Waals surface area (Å²) in [6.07, 6.45) is -62.0. The van der Waals surface area contributed by atoms with Crippen molar-refractivity contribution in [3.05, 3.63) is 0 Å². The Morgan fingerprint density at radius 2 is 0.728 bits per heavy atom. The van der Waals surface area contributed by atoms with Gasteiger partial charge in [-0.2, -0.15) is 33.7 Å². The Bertz CT molecular complexity index is 2720. The minimum atomic E-state index is -6.12. The average molecular weight is 1270 g/mol. The predicted octanol–water partition coefficient (Wildman–Crippen LogP) is -12.1. The van der Waals surface area contributed by atoms with E-state index in [1.165, 1.54) is 0 Å². The maximum absolute atomic E-state index is 13.2. The van der Waals surface area contributed by atoms with Gasteiger partial charge in [0.05, 0.1) is 13.2 Å². The van der Waals surface area contributed by atoms with Gasteiger partial charge in [-0.15, -0.1) is 0 Å². The van der Waals surface area contributed by atoms with Gasteiger partial charge >= 0.3 is 59.5 Å². The second kappa shape index (κ2) is 26.6. The third kappa shape index (κ3) is 17.2. The highest BCUT2D eigenvalue weighted by atomic mass is 32.3. The summed E-state index contributed by atoms with van der Waals surface area (Å²) in [5.74, 6) is -9.17. The van der Waals surface area contributed by atoms with Crippen LogP contribution in [0.5, 0.6) is 0 Å². The first-order chi connectivity index (χ1) is 37.2. The van der Waals surface area contributed by atoms with Crippen LogP contribution in [0.25, 0.3) is 0 Å². The standard InChI is InChI=1S/C34H52N2O41S4/c1-5(39)35-9-18(16(74-78(53,54)55)7(3-37)65-31(9)70-21-11(41)12(42)30(52)67-25(21)28(48)49)69-34-15(45)22(77-81(62,63)64)24(26(73-34)29(50)51)72-32-10(36-6(2)40)19(17(8(4-38)66-32)75-79(56,57)58)68-33-14(44)20(76-80(59,60)61)13(43)23(71-33)27(46)47/h7-26,30-34,37-38,41-45,52H,3-4H2,1-2H3,(H,35,39)(H,36,40)(H,46,47)(H,48,49)(H,50,51)(H,53,54,55)(H,56,57,58)(H,59,60,61)(H,62,63,64)/t7-,8-,9-,10-,11-,12-,13+,14-,15-,16+,17+,18-,19-,20+,21+,22-,23+,24+,25+,26+,30-,31+,32+,33-,34-/m1/s1. The first kappa shape index (κ1) is 67.9. The summed E-state index contributed by atoms with van der Waals surface area (Å²) in [6.45, 7) is -1.72. The van der Waals surface area contributed by atoms with E-state index in [2.05, 4.69) is 16.7 Å². The molecule has 5 saturated heterocycles. The molecule has 47 heteroatoms. The monoisotopic (exact) mass is 1270 g/mol. The lowest BCUT2D eigenvalue weighted by atomic mass is 9.93. The van der Waals surface area contributed by atoms with Gasteiger partial charge in [-0.1, -0.05) is 0 Å². The summed E-state index contributed by atoms with van der Waals surface area (Å²) in [6, 6.07) is -4.92. The van der Waals surface area contributed by atoms with E-state index in [0.717, 1.165) is 0 Å². The van der Waals surface area contributed by atoms with Crippen molar-refractivity contribution in [2.24, 2.45) is 0 Å². The van der Waals surface area contributed by atoms with Crippen molar-refractivity contribution >= 4 is 71.3 Å². The van der Waals surface area contributed by atoms with Crippen LogP contribution in [0.2, 0.25) is 0 Å². The van der Waals surface area contributed by atoms with E-state index in [0.29, 0.717) is 13.8 Å². The van der Waals surface area contributed by atoms with Gasteiger partial charge in [0.15, 0.2) is 49.8 Å². The second-order valence-electron chi connectivity index (χ2n) is 17.5. The van der Waals surface area contributed by atoms with Crippen molar-refractivity contribution in [2.45, 2.75) is 167 Å². The molecule has 0 aromatic heterocycles. The number of aliphatic carboxylic acids is 3. The van der Waals surface area contributed by atoms with Gasteiger partial charge in [0.2, 0.25) is 11.8 Å². The Hall–Kier alpha value is -3.85. The van der Waals surface area contributed by atoms with Crippen LogP contribution in [0.4, 0.5) is 0 Å². The number of ether oxygens (including phenoxy) is 9.